The number of rotatable bonds is 4. The Morgan fingerprint density at radius 2 is 1.23 bits per heavy atom. The summed E-state index contributed by atoms with van der Waals surface area (Å²) >= 11 is 0. The number of furan rings is 2. The molecule has 1 N–H and O–H groups in total. The zero-order valence-electron chi connectivity index (χ0n) is 27.7. The van der Waals surface area contributed by atoms with Crippen molar-refractivity contribution in [3.05, 3.63) is 175 Å². The van der Waals surface area contributed by atoms with Gasteiger partial charge in [0.2, 0.25) is 0 Å². The molecule has 0 radical (unpaired) electrons. The Morgan fingerprint density at radius 3 is 2.13 bits per heavy atom. The predicted molar refractivity (Wildman–Crippen MR) is 211 cm³/mol. The molecular formula is C46H28N4O2. The van der Waals surface area contributed by atoms with E-state index in [9.17, 15) is 0 Å². The number of para-hydroxylation sites is 1. The number of nitrogens with zero attached hydrogens (tertiary/aromatic N) is 3. The van der Waals surface area contributed by atoms with Crippen LogP contribution in [-0.4, -0.2) is 16.7 Å². The summed E-state index contributed by atoms with van der Waals surface area (Å²) in [7, 11) is 0. The number of amidine groups is 2. The quantitative estimate of drug-likeness (QED) is 0.202. The third kappa shape index (κ3) is 4.48. The molecule has 244 valence electrons. The van der Waals surface area contributed by atoms with E-state index in [1.54, 1.807) is 0 Å². The van der Waals surface area contributed by atoms with Crippen molar-refractivity contribution in [1.29, 1.82) is 0 Å². The van der Waals surface area contributed by atoms with Gasteiger partial charge in [0.15, 0.2) is 5.84 Å². The van der Waals surface area contributed by atoms with Gasteiger partial charge in [-0.25, -0.2) is 9.98 Å². The van der Waals surface area contributed by atoms with E-state index in [0.717, 1.165) is 99.2 Å². The maximum absolute atomic E-state index is 6.39. The third-order valence-electron chi connectivity index (χ3n) is 10.2. The van der Waals surface area contributed by atoms with Gasteiger partial charge in [-0.2, -0.15) is 0 Å². The molecule has 52 heavy (non-hydrogen) atoms. The highest BCUT2D eigenvalue weighted by atomic mass is 16.3. The van der Waals surface area contributed by atoms with E-state index in [1.807, 2.05) is 72.9 Å². The van der Waals surface area contributed by atoms with Crippen molar-refractivity contribution in [3.8, 4) is 11.1 Å². The molecule has 1 aliphatic heterocycles. The zero-order valence-corrected chi connectivity index (χ0v) is 27.7. The SMILES string of the molecule is c1ccc(C2N=C(c3ccc4c(-c5cccc6oc7cc8ncccc8cc7c56)cccc4c3)N=C(c3cccc4oc5ccccc5c34)N2)cc1. The average Bonchev–Trinajstić information content (AvgIpc) is 3.77. The number of benzene rings is 7. The summed E-state index contributed by atoms with van der Waals surface area (Å²) in [6, 6.07) is 52.2. The maximum Gasteiger partial charge on any atom is 0.159 e. The summed E-state index contributed by atoms with van der Waals surface area (Å²) in [4.78, 5) is 14.9. The van der Waals surface area contributed by atoms with Crippen LogP contribution >= 0.6 is 0 Å². The number of aromatic nitrogens is 1. The van der Waals surface area contributed by atoms with E-state index < -0.39 is 0 Å². The minimum absolute atomic E-state index is 0.322. The van der Waals surface area contributed by atoms with Gasteiger partial charge >= 0.3 is 0 Å². The second-order valence-electron chi connectivity index (χ2n) is 13.2. The second kappa shape index (κ2) is 11.2. The standard InChI is InChI=1S/C46H28N4O2/c1-2-10-27(11-3-1)44-48-45(50-46(49-44)35-17-8-20-40-43(35)34-14-4-5-18-38(34)51-40)30-21-22-31-28(24-30)12-6-15-32(31)33-16-7-19-39-42(33)36-25-29-13-9-23-47-37(29)26-41(36)52-39/h1-26,44H,(H,48,49,50). The van der Waals surface area contributed by atoms with Crippen molar-refractivity contribution < 1.29 is 8.83 Å². The molecule has 1 aliphatic rings. The van der Waals surface area contributed by atoms with E-state index in [2.05, 4.69) is 95.2 Å². The van der Waals surface area contributed by atoms with Gasteiger partial charge in [0.05, 0.1) is 5.52 Å². The van der Waals surface area contributed by atoms with Gasteiger partial charge in [-0.15, -0.1) is 0 Å². The van der Waals surface area contributed by atoms with E-state index in [4.69, 9.17) is 18.8 Å². The largest absolute Gasteiger partial charge is 0.456 e. The van der Waals surface area contributed by atoms with Crippen LogP contribution in [0.15, 0.2) is 177 Å². The lowest BCUT2D eigenvalue weighted by Gasteiger charge is -2.24. The Balaban J connectivity index is 1.07. The van der Waals surface area contributed by atoms with E-state index in [-0.39, 0.29) is 6.17 Å². The summed E-state index contributed by atoms with van der Waals surface area (Å²) in [6.45, 7) is 0. The molecule has 0 aliphatic carbocycles. The molecule has 0 amide bonds. The first-order valence-corrected chi connectivity index (χ1v) is 17.4. The number of pyridine rings is 1. The van der Waals surface area contributed by atoms with Gasteiger partial charge in [-0.05, 0) is 63.9 Å². The highest BCUT2D eigenvalue weighted by Crippen LogP contribution is 2.41. The lowest BCUT2D eigenvalue weighted by atomic mass is 9.93. The zero-order chi connectivity index (χ0) is 34.2. The van der Waals surface area contributed by atoms with Crippen molar-refractivity contribution in [2.75, 3.05) is 0 Å². The van der Waals surface area contributed by atoms with Gasteiger partial charge in [-0.3, -0.25) is 4.98 Å². The maximum atomic E-state index is 6.39. The van der Waals surface area contributed by atoms with Crippen LogP contribution in [0.3, 0.4) is 0 Å². The molecule has 10 aromatic rings. The van der Waals surface area contributed by atoms with Crippen molar-refractivity contribution in [2.45, 2.75) is 6.17 Å². The number of fused-ring (bicyclic) bond motifs is 8. The van der Waals surface area contributed by atoms with Crippen LogP contribution in [0.4, 0.5) is 0 Å². The van der Waals surface area contributed by atoms with Crippen LogP contribution in [0.25, 0.3) is 76.7 Å². The highest BCUT2D eigenvalue weighted by molar-refractivity contribution is 6.22. The molecule has 3 aromatic heterocycles. The van der Waals surface area contributed by atoms with Gasteiger partial charge in [0, 0.05) is 50.3 Å². The van der Waals surface area contributed by atoms with Crippen molar-refractivity contribution in [3.63, 3.8) is 0 Å². The Kier molecular flexibility index (Phi) is 6.21. The smallest absolute Gasteiger partial charge is 0.159 e. The van der Waals surface area contributed by atoms with Crippen LogP contribution in [0.5, 0.6) is 0 Å². The normalized spacial score (nSPS) is 14.7. The topological polar surface area (TPSA) is 75.9 Å². The molecule has 0 spiro atoms. The lowest BCUT2D eigenvalue weighted by molar-refractivity contribution is 0.667. The summed E-state index contributed by atoms with van der Waals surface area (Å²) in [5.41, 5.74) is 9.53. The lowest BCUT2D eigenvalue weighted by Crippen LogP contribution is -2.33. The highest BCUT2D eigenvalue weighted by Gasteiger charge is 2.24. The van der Waals surface area contributed by atoms with E-state index in [0.29, 0.717) is 5.84 Å². The Labute approximate surface area is 297 Å². The fraction of sp³-hybridized carbons (Fsp3) is 0.0217. The first-order valence-electron chi connectivity index (χ1n) is 17.4. The monoisotopic (exact) mass is 668 g/mol. The summed E-state index contributed by atoms with van der Waals surface area (Å²) in [5.74, 6) is 1.43. The molecule has 0 saturated carbocycles. The molecule has 6 nitrogen and oxygen atoms in total. The number of nitrogens with one attached hydrogen (secondary N) is 1. The molecule has 4 heterocycles. The van der Waals surface area contributed by atoms with Crippen molar-refractivity contribution >= 4 is 77.2 Å². The van der Waals surface area contributed by atoms with Crippen LogP contribution < -0.4 is 5.32 Å². The molecule has 11 rings (SSSR count). The summed E-state index contributed by atoms with van der Waals surface area (Å²) in [5, 5.41) is 11.3. The minimum atomic E-state index is -0.322. The molecule has 1 unspecified atom stereocenters. The molecule has 0 bridgehead atoms. The molecule has 0 saturated heterocycles. The molecular weight excluding hydrogens is 641 g/mol. The fourth-order valence-corrected chi connectivity index (χ4v) is 7.77. The number of hydrogen-bond donors (Lipinski definition) is 1. The van der Waals surface area contributed by atoms with Crippen molar-refractivity contribution in [1.82, 2.24) is 10.3 Å². The predicted octanol–water partition coefficient (Wildman–Crippen LogP) is 11.3. The second-order valence-corrected chi connectivity index (χ2v) is 13.2. The Morgan fingerprint density at radius 1 is 0.500 bits per heavy atom. The first kappa shape index (κ1) is 28.8. The molecule has 6 heteroatoms. The number of aliphatic imine (C=N–C) groups is 2. The minimum Gasteiger partial charge on any atom is -0.456 e. The Hall–Kier alpha value is -7.05. The van der Waals surface area contributed by atoms with Gasteiger partial charge in [0.25, 0.3) is 0 Å². The molecule has 1 atom stereocenters. The van der Waals surface area contributed by atoms with Gasteiger partial charge < -0.3 is 14.2 Å². The van der Waals surface area contributed by atoms with Crippen LogP contribution in [0, 0.1) is 0 Å². The van der Waals surface area contributed by atoms with Crippen LogP contribution in [0.1, 0.15) is 22.9 Å². The first-order chi connectivity index (χ1) is 25.7. The summed E-state index contributed by atoms with van der Waals surface area (Å²) < 4.78 is 12.6. The van der Waals surface area contributed by atoms with Gasteiger partial charge in [-0.1, -0.05) is 109 Å². The number of hydrogen-bond acceptors (Lipinski definition) is 6. The molecule has 0 fully saturated rings. The summed E-state index contributed by atoms with van der Waals surface area (Å²) in [6.07, 6.45) is 1.50. The average molecular weight is 669 g/mol. The van der Waals surface area contributed by atoms with Crippen LogP contribution in [0.2, 0.25) is 0 Å². The fourth-order valence-electron chi connectivity index (χ4n) is 7.77. The Bertz CT molecular complexity index is 3120. The van der Waals surface area contributed by atoms with Crippen LogP contribution in [-0.2, 0) is 0 Å². The van der Waals surface area contributed by atoms with Crippen molar-refractivity contribution in [2.24, 2.45) is 9.98 Å². The van der Waals surface area contributed by atoms with Gasteiger partial charge in [0.1, 0.15) is 34.3 Å². The van der Waals surface area contributed by atoms with E-state index in [1.165, 1.54) is 0 Å². The molecule has 7 aromatic carbocycles. The third-order valence-corrected chi connectivity index (χ3v) is 10.2. The van der Waals surface area contributed by atoms with E-state index >= 15 is 0 Å².